The first-order valence-electron chi connectivity index (χ1n) is 9.74. The molecule has 0 radical (unpaired) electrons. The van der Waals surface area contributed by atoms with E-state index in [-0.39, 0.29) is 5.91 Å². The summed E-state index contributed by atoms with van der Waals surface area (Å²) in [6.45, 7) is 3.92. The van der Waals surface area contributed by atoms with Crippen LogP contribution in [0.15, 0.2) is 66.7 Å². The molecule has 0 spiro atoms. The summed E-state index contributed by atoms with van der Waals surface area (Å²) in [6, 6.07) is 21.4. The van der Waals surface area contributed by atoms with Gasteiger partial charge in [-0.1, -0.05) is 43.3 Å². The Hall–Kier alpha value is -3.21. The topological polar surface area (TPSA) is 58.1 Å². The number of rotatable bonds is 4. The van der Waals surface area contributed by atoms with Crippen LogP contribution in [0.4, 0.5) is 11.5 Å². The minimum atomic E-state index is 0.0982. The van der Waals surface area contributed by atoms with Crippen molar-refractivity contribution in [3.8, 4) is 11.3 Å². The summed E-state index contributed by atoms with van der Waals surface area (Å²) in [7, 11) is 0. The van der Waals surface area contributed by atoms with Crippen LogP contribution in [-0.2, 0) is 0 Å². The number of piperidine rings is 1. The Labute approximate surface area is 165 Å². The summed E-state index contributed by atoms with van der Waals surface area (Å²) in [5.41, 5.74) is 3.39. The van der Waals surface area contributed by atoms with Crippen molar-refractivity contribution in [2.75, 3.05) is 18.4 Å². The summed E-state index contributed by atoms with van der Waals surface area (Å²) in [4.78, 5) is 14.7. The maximum Gasteiger partial charge on any atom is 0.253 e. The van der Waals surface area contributed by atoms with Crippen LogP contribution in [0.3, 0.4) is 0 Å². The third-order valence-electron chi connectivity index (χ3n) is 5.19. The second kappa shape index (κ2) is 8.21. The monoisotopic (exact) mass is 372 g/mol. The van der Waals surface area contributed by atoms with E-state index in [4.69, 9.17) is 0 Å². The first-order valence-corrected chi connectivity index (χ1v) is 9.74. The Morgan fingerprint density at radius 2 is 1.75 bits per heavy atom. The van der Waals surface area contributed by atoms with Crippen molar-refractivity contribution in [2.24, 2.45) is 5.92 Å². The highest BCUT2D eigenvalue weighted by atomic mass is 16.2. The van der Waals surface area contributed by atoms with E-state index in [2.05, 4.69) is 22.4 Å². The third kappa shape index (κ3) is 4.19. The summed E-state index contributed by atoms with van der Waals surface area (Å²) >= 11 is 0. The molecule has 0 atom stereocenters. The van der Waals surface area contributed by atoms with Gasteiger partial charge >= 0.3 is 0 Å². The van der Waals surface area contributed by atoms with Crippen LogP contribution >= 0.6 is 0 Å². The van der Waals surface area contributed by atoms with E-state index in [1.54, 1.807) is 0 Å². The lowest BCUT2D eigenvalue weighted by molar-refractivity contribution is 0.0697. The van der Waals surface area contributed by atoms with E-state index in [1.165, 1.54) is 0 Å². The SMILES string of the molecule is CC1CCN(C(=O)c2cccc(Nc3ccc(-c4ccccc4)nn3)c2)CC1. The highest BCUT2D eigenvalue weighted by Gasteiger charge is 2.21. The molecule has 1 aliphatic rings. The molecule has 0 saturated carbocycles. The van der Waals surface area contributed by atoms with Crippen molar-refractivity contribution in [3.05, 3.63) is 72.3 Å². The number of nitrogens with one attached hydrogen (secondary N) is 1. The summed E-state index contributed by atoms with van der Waals surface area (Å²) in [5.74, 6) is 1.45. The van der Waals surface area contributed by atoms with Gasteiger partial charge < -0.3 is 10.2 Å². The molecule has 1 amide bonds. The number of anilines is 2. The predicted octanol–water partition coefficient (Wildman–Crippen LogP) is 4.76. The normalized spacial score (nSPS) is 14.7. The van der Waals surface area contributed by atoms with Gasteiger partial charge in [0.05, 0.1) is 5.69 Å². The molecule has 5 heteroatoms. The van der Waals surface area contributed by atoms with Crippen LogP contribution in [0.1, 0.15) is 30.1 Å². The first kappa shape index (κ1) is 18.2. The van der Waals surface area contributed by atoms with Gasteiger partial charge in [-0.15, -0.1) is 10.2 Å². The number of nitrogens with zero attached hydrogens (tertiary/aromatic N) is 3. The second-order valence-electron chi connectivity index (χ2n) is 7.35. The molecule has 0 aliphatic carbocycles. The fourth-order valence-electron chi connectivity index (χ4n) is 3.43. The van der Waals surface area contributed by atoms with Gasteiger partial charge in [-0.2, -0.15) is 0 Å². The number of likely N-dealkylation sites (tertiary alicyclic amines) is 1. The van der Waals surface area contributed by atoms with Gasteiger partial charge in [0.15, 0.2) is 5.82 Å². The molecular weight excluding hydrogens is 348 g/mol. The molecule has 2 aromatic carbocycles. The molecule has 1 fully saturated rings. The summed E-state index contributed by atoms with van der Waals surface area (Å²) in [6.07, 6.45) is 2.15. The molecule has 28 heavy (non-hydrogen) atoms. The average molecular weight is 372 g/mol. The molecule has 5 nitrogen and oxygen atoms in total. The molecule has 0 unspecified atom stereocenters. The standard InChI is InChI=1S/C23H24N4O/c1-17-12-14-27(15-13-17)23(28)19-8-5-9-20(16-19)24-22-11-10-21(25-26-22)18-6-3-2-4-7-18/h2-11,16-17H,12-15H2,1H3,(H,24,26). The van der Waals surface area contributed by atoms with E-state index < -0.39 is 0 Å². The Morgan fingerprint density at radius 3 is 2.46 bits per heavy atom. The lowest BCUT2D eigenvalue weighted by Gasteiger charge is -2.30. The van der Waals surface area contributed by atoms with Crippen LogP contribution < -0.4 is 5.32 Å². The van der Waals surface area contributed by atoms with Crippen molar-refractivity contribution in [1.29, 1.82) is 0 Å². The molecule has 1 aromatic heterocycles. The Kier molecular flexibility index (Phi) is 5.33. The van der Waals surface area contributed by atoms with Crippen LogP contribution in [0, 0.1) is 5.92 Å². The summed E-state index contributed by atoms with van der Waals surface area (Å²) in [5, 5.41) is 11.8. The maximum atomic E-state index is 12.8. The van der Waals surface area contributed by atoms with Gasteiger partial charge in [-0.25, -0.2) is 0 Å². The minimum absolute atomic E-state index is 0.0982. The van der Waals surface area contributed by atoms with E-state index >= 15 is 0 Å². The predicted molar refractivity (Wildman–Crippen MR) is 111 cm³/mol. The third-order valence-corrected chi connectivity index (χ3v) is 5.19. The van der Waals surface area contributed by atoms with Crippen LogP contribution in [-0.4, -0.2) is 34.1 Å². The zero-order valence-corrected chi connectivity index (χ0v) is 16.0. The van der Waals surface area contributed by atoms with Gasteiger partial charge in [0, 0.05) is 29.9 Å². The molecule has 1 N–H and O–H groups in total. The number of amides is 1. The maximum absolute atomic E-state index is 12.8. The highest BCUT2D eigenvalue weighted by molar-refractivity contribution is 5.95. The number of hydrogen-bond donors (Lipinski definition) is 1. The number of benzene rings is 2. The molecule has 1 aliphatic heterocycles. The Balaban J connectivity index is 1.45. The van der Waals surface area contributed by atoms with Gasteiger partial charge in [-0.3, -0.25) is 4.79 Å². The van der Waals surface area contributed by atoms with Gasteiger partial charge in [0.2, 0.25) is 0 Å². The number of carbonyl (C=O) groups is 1. The van der Waals surface area contributed by atoms with Crippen molar-refractivity contribution in [2.45, 2.75) is 19.8 Å². The first-order chi connectivity index (χ1) is 13.7. The molecule has 1 saturated heterocycles. The van der Waals surface area contributed by atoms with Crippen LogP contribution in [0.25, 0.3) is 11.3 Å². The van der Waals surface area contributed by atoms with Crippen molar-refractivity contribution in [3.63, 3.8) is 0 Å². The average Bonchev–Trinajstić information content (AvgIpc) is 2.75. The van der Waals surface area contributed by atoms with Crippen molar-refractivity contribution in [1.82, 2.24) is 15.1 Å². The molecule has 0 bridgehead atoms. The second-order valence-corrected chi connectivity index (χ2v) is 7.35. The van der Waals surface area contributed by atoms with E-state index in [9.17, 15) is 4.79 Å². The largest absolute Gasteiger partial charge is 0.339 e. The van der Waals surface area contributed by atoms with E-state index in [1.807, 2.05) is 71.6 Å². The molecule has 2 heterocycles. The van der Waals surface area contributed by atoms with Gasteiger partial charge in [0.25, 0.3) is 5.91 Å². The van der Waals surface area contributed by atoms with Crippen LogP contribution in [0.2, 0.25) is 0 Å². The zero-order chi connectivity index (χ0) is 19.3. The number of carbonyl (C=O) groups excluding carboxylic acids is 1. The molecule has 142 valence electrons. The quantitative estimate of drug-likeness (QED) is 0.717. The van der Waals surface area contributed by atoms with Crippen molar-refractivity contribution < 1.29 is 4.79 Å². The number of hydrogen-bond acceptors (Lipinski definition) is 4. The van der Waals surface area contributed by atoms with Crippen LogP contribution in [0.5, 0.6) is 0 Å². The molecular formula is C23H24N4O. The highest BCUT2D eigenvalue weighted by Crippen LogP contribution is 2.22. The summed E-state index contributed by atoms with van der Waals surface area (Å²) < 4.78 is 0. The lowest BCUT2D eigenvalue weighted by atomic mass is 9.98. The minimum Gasteiger partial charge on any atom is -0.339 e. The van der Waals surface area contributed by atoms with E-state index in [0.29, 0.717) is 17.3 Å². The molecule has 3 aromatic rings. The Bertz CT molecular complexity index is 932. The fourth-order valence-corrected chi connectivity index (χ4v) is 3.43. The fraction of sp³-hybridized carbons (Fsp3) is 0.261. The smallest absolute Gasteiger partial charge is 0.253 e. The van der Waals surface area contributed by atoms with Gasteiger partial charge in [0.1, 0.15) is 0 Å². The number of aromatic nitrogens is 2. The zero-order valence-electron chi connectivity index (χ0n) is 16.0. The lowest BCUT2D eigenvalue weighted by Crippen LogP contribution is -2.37. The van der Waals surface area contributed by atoms with Gasteiger partial charge in [-0.05, 0) is 49.1 Å². The van der Waals surface area contributed by atoms with E-state index in [0.717, 1.165) is 42.9 Å². The molecule has 4 rings (SSSR count). The van der Waals surface area contributed by atoms with Crippen molar-refractivity contribution >= 4 is 17.4 Å². The Morgan fingerprint density at radius 1 is 0.964 bits per heavy atom.